The van der Waals surface area contributed by atoms with E-state index in [1.54, 1.807) is 17.2 Å². The minimum absolute atomic E-state index is 0.0851. The number of halogens is 3. The number of carbonyl (C=O) groups is 1. The van der Waals surface area contributed by atoms with Crippen LogP contribution in [0, 0.1) is 11.6 Å². The van der Waals surface area contributed by atoms with E-state index in [4.69, 9.17) is 0 Å². The number of benzene rings is 2. The highest BCUT2D eigenvalue weighted by Crippen LogP contribution is 2.27. The molecule has 0 radical (unpaired) electrons. The molecule has 25 heavy (non-hydrogen) atoms. The van der Waals surface area contributed by atoms with Gasteiger partial charge in [-0.25, -0.2) is 8.78 Å². The maximum atomic E-state index is 14.2. The van der Waals surface area contributed by atoms with Crippen molar-refractivity contribution >= 4 is 32.7 Å². The Morgan fingerprint density at radius 3 is 2.92 bits per heavy atom. The number of aromatic nitrogens is 1. The maximum Gasteiger partial charge on any atom is 0.227 e. The van der Waals surface area contributed by atoms with E-state index in [1.165, 1.54) is 18.2 Å². The Morgan fingerprint density at radius 2 is 2.08 bits per heavy atom. The zero-order chi connectivity index (χ0) is 17.6. The van der Waals surface area contributed by atoms with Crippen molar-refractivity contribution in [2.24, 2.45) is 0 Å². The van der Waals surface area contributed by atoms with Crippen molar-refractivity contribution in [3.05, 3.63) is 69.3 Å². The van der Waals surface area contributed by atoms with E-state index in [0.717, 1.165) is 16.6 Å². The fourth-order valence-electron chi connectivity index (χ4n) is 3.37. The van der Waals surface area contributed by atoms with Crippen molar-refractivity contribution < 1.29 is 13.6 Å². The molecule has 3 aromatic rings. The Hall–Kier alpha value is -2.21. The van der Waals surface area contributed by atoms with Crippen LogP contribution in [-0.4, -0.2) is 22.3 Å². The van der Waals surface area contributed by atoms with E-state index < -0.39 is 0 Å². The van der Waals surface area contributed by atoms with Gasteiger partial charge in [-0.1, -0.05) is 15.9 Å². The Morgan fingerprint density at radius 1 is 1.24 bits per heavy atom. The smallest absolute Gasteiger partial charge is 0.227 e. The first-order valence-corrected chi connectivity index (χ1v) is 8.80. The molecule has 1 N–H and O–H groups in total. The highest BCUT2D eigenvalue weighted by atomic mass is 79.9. The molecule has 6 heteroatoms. The standard InChI is InChI=1S/C19H15BrF2N2O/c20-13-5-11-3-4-24(10-16(11)17(22)7-13)19(25)6-12-9-23-18-2-1-14(21)8-15(12)18/h1-2,5,7-9,23H,3-4,6,10H2. The number of hydrogen-bond donors (Lipinski definition) is 1. The summed E-state index contributed by atoms with van der Waals surface area (Å²) in [5.74, 6) is -0.713. The molecule has 0 bridgehead atoms. The van der Waals surface area contributed by atoms with Crippen LogP contribution in [0.2, 0.25) is 0 Å². The number of carbonyl (C=O) groups excluding carboxylic acids is 1. The third kappa shape index (κ3) is 3.06. The fraction of sp³-hybridized carbons (Fsp3) is 0.211. The van der Waals surface area contributed by atoms with Crippen LogP contribution in [-0.2, 0) is 24.2 Å². The zero-order valence-electron chi connectivity index (χ0n) is 13.3. The molecule has 0 fully saturated rings. The summed E-state index contributed by atoms with van der Waals surface area (Å²) in [6.45, 7) is 0.822. The first-order chi connectivity index (χ1) is 12.0. The summed E-state index contributed by atoms with van der Waals surface area (Å²) in [6, 6.07) is 7.80. The Bertz CT molecular complexity index is 983. The predicted molar refractivity (Wildman–Crippen MR) is 95.2 cm³/mol. The second kappa shape index (κ2) is 6.26. The number of amides is 1. The second-order valence-electron chi connectivity index (χ2n) is 6.27. The monoisotopic (exact) mass is 404 g/mol. The Balaban J connectivity index is 1.56. The topological polar surface area (TPSA) is 36.1 Å². The zero-order valence-corrected chi connectivity index (χ0v) is 14.9. The summed E-state index contributed by atoms with van der Waals surface area (Å²) >= 11 is 3.30. The Kier molecular flexibility index (Phi) is 4.07. The van der Waals surface area contributed by atoms with Crippen molar-refractivity contribution in [3.63, 3.8) is 0 Å². The van der Waals surface area contributed by atoms with Gasteiger partial charge in [0.15, 0.2) is 0 Å². The molecule has 1 aromatic heterocycles. The van der Waals surface area contributed by atoms with Gasteiger partial charge in [0.1, 0.15) is 11.6 Å². The van der Waals surface area contributed by atoms with Crippen LogP contribution in [0.3, 0.4) is 0 Å². The first kappa shape index (κ1) is 16.3. The van der Waals surface area contributed by atoms with E-state index in [1.807, 2.05) is 6.07 Å². The van der Waals surface area contributed by atoms with Crippen LogP contribution in [0.4, 0.5) is 8.78 Å². The van der Waals surface area contributed by atoms with Gasteiger partial charge in [0, 0.05) is 40.2 Å². The number of nitrogens with one attached hydrogen (secondary N) is 1. The van der Waals surface area contributed by atoms with Crippen LogP contribution in [0.5, 0.6) is 0 Å². The molecule has 0 saturated heterocycles. The van der Waals surface area contributed by atoms with Gasteiger partial charge < -0.3 is 9.88 Å². The van der Waals surface area contributed by atoms with Gasteiger partial charge in [-0.3, -0.25) is 4.79 Å². The maximum absolute atomic E-state index is 14.2. The molecule has 0 spiro atoms. The normalized spacial score (nSPS) is 14.0. The summed E-state index contributed by atoms with van der Waals surface area (Å²) in [5.41, 5.74) is 3.06. The lowest BCUT2D eigenvalue weighted by molar-refractivity contribution is -0.131. The minimum Gasteiger partial charge on any atom is -0.361 e. The molecule has 1 aliphatic heterocycles. The van der Waals surface area contributed by atoms with Crippen molar-refractivity contribution in [2.75, 3.05) is 6.54 Å². The average Bonchev–Trinajstić information content (AvgIpc) is 2.96. The molecular formula is C19H15BrF2N2O. The fourth-order valence-corrected chi connectivity index (χ4v) is 3.84. The molecule has 2 heterocycles. The number of nitrogens with zero attached hydrogens (tertiary/aromatic N) is 1. The number of rotatable bonds is 2. The van der Waals surface area contributed by atoms with Crippen molar-refractivity contribution in [2.45, 2.75) is 19.4 Å². The molecule has 0 aliphatic carbocycles. The first-order valence-electron chi connectivity index (χ1n) is 8.01. The van der Waals surface area contributed by atoms with Crippen molar-refractivity contribution in [1.82, 2.24) is 9.88 Å². The summed E-state index contributed by atoms with van der Waals surface area (Å²) in [6.07, 6.45) is 2.52. The van der Waals surface area contributed by atoms with Gasteiger partial charge in [0.05, 0.1) is 6.42 Å². The van der Waals surface area contributed by atoms with Crippen molar-refractivity contribution in [3.8, 4) is 0 Å². The molecule has 2 aromatic carbocycles. The Labute approximate surface area is 151 Å². The third-order valence-electron chi connectivity index (χ3n) is 4.68. The number of fused-ring (bicyclic) bond motifs is 2. The van der Waals surface area contributed by atoms with Crippen LogP contribution in [0.15, 0.2) is 41.0 Å². The lowest BCUT2D eigenvalue weighted by Gasteiger charge is -2.29. The van der Waals surface area contributed by atoms with Crippen LogP contribution in [0.25, 0.3) is 10.9 Å². The molecule has 1 amide bonds. The molecule has 0 unspecified atom stereocenters. The SMILES string of the molecule is O=C(Cc1c[nH]c2ccc(F)cc12)N1CCc2cc(Br)cc(F)c2C1. The number of hydrogen-bond acceptors (Lipinski definition) is 1. The number of H-pyrrole nitrogens is 1. The van der Waals surface area contributed by atoms with Crippen LogP contribution >= 0.6 is 15.9 Å². The van der Waals surface area contributed by atoms with E-state index in [9.17, 15) is 13.6 Å². The molecule has 0 saturated carbocycles. The summed E-state index contributed by atoms with van der Waals surface area (Å²) in [4.78, 5) is 17.4. The molecule has 4 rings (SSSR count). The lowest BCUT2D eigenvalue weighted by atomic mass is 9.98. The van der Waals surface area contributed by atoms with Gasteiger partial charge in [0.25, 0.3) is 0 Å². The molecule has 1 aliphatic rings. The van der Waals surface area contributed by atoms with E-state index in [-0.39, 0.29) is 30.5 Å². The summed E-state index contributed by atoms with van der Waals surface area (Å²) in [7, 11) is 0. The summed E-state index contributed by atoms with van der Waals surface area (Å²) < 4.78 is 28.4. The quantitative estimate of drug-likeness (QED) is 0.677. The molecule has 3 nitrogen and oxygen atoms in total. The highest BCUT2D eigenvalue weighted by molar-refractivity contribution is 9.10. The van der Waals surface area contributed by atoms with Crippen molar-refractivity contribution in [1.29, 1.82) is 0 Å². The lowest BCUT2D eigenvalue weighted by Crippen LogP contribution is -2.37. The van der Waals surface area contributed by atoms with E-state index in [2.05, 4.69) is 20.9 Å². The van der Waals surface area contributed by atoms with E-state index >= 15 is 0 Å². The summed E-state index contributed by atoms with van der Waals surface area (Å²) in [5, 5.41) is 0.709. The molecule has 0 atom stereocenters. The largest absolute Gasteiger partial charge is 0.361 e. The van der Waals surface area contributed by atoms with Crippen LogP contribution < -0.4 is 0 Å². The average molecular weight is 405 g/mol. The molecular weight excluding hydrogens is 390 g/mol. The second-order valence-corrected chi connectivity index (χ2v) is 7.19. The van der Waals surface area contributed by atoms with Gasteiger partial charge in [-0.05, 0) is 47.9 Å². The predicted octanol–water partition coefficient (Wildman–Crippen LogP) is 4.34. The van der Waals surface area contributed by atoms with Gasteiger partial charge in [-0.2, -0.15) is 0 Å². The van der Waals surface area contributed by atoms with Gasteiger partial charge >= 0.3 is 0 Å². The van der Waals surface area contributed by atoms with Crippen LogP contribution in [0.1, 0.15) is 16.7 Å². The molecule has 128 valence electrons. The minimum atomic E-state index is -0.333. The third-order valence-corrected chi connectivity index (χ3v) is 5.13. The highest BCUT2D eigenvalue weighted by Gasteiger charge is 2.24. The van der Waals surface area contributed by atoms with Gasteiger partial charge in [0.2, 0.25) is 5.91 Å². The number of aromatic amines is 1. The van der Waals surface area contributed by atoms with E-state index in [0.29, 0.717) is 28.4 Å². The van der Waals surface area contributed by atoms with Gasteiger partial charge in [-0.15, -0.1) is 0 Å².